The zero-order valence-corrected chi connectivity index (χ0v) is 24.9. The van der Waals surface area contributed by atoms with E-state index in [1.165, 1.54) is 11.1 Å². The van der Waals surface area contributed by atoms with Crippen LogP contribution in [-0.4, -0.2) is 49.3 Å². The third kappa shape index (κ3) is 5.69. The average molecular weight is 525 g/mol. The number of nitrogens with zero attached hydrogens (tertiary/aromatic N) is 1. The zero-order chi connectivity index (χ0) is 27.2. The molecule has 1 aromatic carbocycles. The number of hydrogen-bond acceptors (Lipinski definition) is 4. The molecular formula is C30H44N2O4Si. The van der Waals surface area contributed by atoms with E-state index in [1.807, 2.05) is 26.8 Å². The number of amides is 2. The van der Waals surface area contributed by atoms with Crippen molar-refractivity contribution in [2.75, 3.05) is 7.11 Å². The van der Waals surface area contributed by atoms with Crippen molar-refractivity contribution >= 4 is 20.1 Å². The van der Waals surface area contributed by atoms with Gasteiger partial charge in [0.25, 0.3) is 5.91 Å². The van der Waals surface area contributed by atoms with Crippen LogP contribution in [0.15, 0.2) is 18.2 Å². The second-order valence-electron chi connectivity index (χ2n) is 13.5. The van der Waals surface area contributed by atoms with Crippen molar-refractivity contribution in [1.82, 2.24) is 10.2 Å². The molecule has 1 N–H and O–H groups in total. The molecule has 0 spiro atoms. The number of nitrogens with one attached hydrogen (secondary N) is 1. The highest BCUT2D eigenvalue weighted by Gasteiger charge is 2.73. The molecule has 1 heterocycles. The Bertz CT molecular complexity index is 1100. The number of unbranched alkanes of at least 4 members (excludes halogenated alkanes) is 1. The summed E-state index contributed by atoms with van der Waals surface area (Å²) in [4.78, 5) is 28.5. The van der Waals surface area contributed by atoms with E-state index < -0.39 is 13.7 Å². The van der Waals surface area contributed by atoms with Crippen LogP contribution in [0.3, 0.4) is 0 Å². The first-order valence-electron chi connectivity index (χ1n) is 13.7. The second kappa shape index (κ2) is 9.69. The third-order valence-electron chi connectivity index (χ3n) is 7.86. The van der Waals surface area contributed by atoms with Gasteiger partial charge in [-0.2, -0.15) is 0 Å². The zero-order valence-electron chi connectivity index (χ0n) is 23.9. The van der Waals surface area contributed by atoms with E-state index in [4.69, 9.17) is 9.47 Å². The van der Waals surface area contributed by atoms with Crippen molar-refractivity contribution in [2.24, 2.45) is 5.41 Å². The van der Waals surface area contributed by atoms with Crippen molar-refractivity contribution in [3.63, 3.8) is 0 Å². The molecule has 6 nitrogen and oxygen atoms in total. The van der Waals surface area contributed by atoms with E-state index in [-0.39, 0.29) is 35.0 Å². The predicted octanol–water partition coefficient (Wildman–Crippen LogP) is 6.01. The Hall–Kier alpha value is -2.46. The molecule has 1 aliphatic heterocycles. The summed E-state index contributed by atoms with van der Waals surface area (Å²) in [7, 11) is -0.00408. The lowest BCUT2D eigenvalue weighted by Crippen LogP contribution is -2.78. The first kappa shape index (κ1) is 27.6. The number of alkyl carbamates (subject to hydrolysis) is 1. The second-order valence-corrected chi connectivity index (χ2v) is 18.2. The summed E-state index contributed by atoms with van der Waals surface area (Å²) in [5.74, 6) is 3.88. The number of carbonyl (C=O) groups is 2. The maximum atomic E-state index is 13.8. The van der Waals surface area contributed by atoms with Gasteiger partial charge in [-0.1, -0.05) is 45.5 Å². The van der Waals surface area contributed by atoms with Gasteiger partial charge < -0.3 is 19.7 Å². The fraction of sp³-hybridized carbons (Fsp3) is 0.667. The summed E-state index contributed by atoms with van der Waals surface area (Å²) >= 11 is 0. The Morgan fingerprint density at radius 1 is 1.19 bits per heavy atom. The average Bonchev–Trinajstić information content (AvgIpc) is 2.74. The smallest absolute Gasteiger partial charge is 0.408 e. The van der Waals surface area contributed by atoms with Gasteiger partial charge in [-0.3, -0.25) is 4.79 Å². The summed E-state index contributed by atoms with van der Waals surface area (Å²) < 4.78 is 11.1. The van der Waals surface area contributed by atoms with Crippen LogP contribution in [0.4, 0.5) is 4.79 Å². The molecule has 0 aromatic heterocycles. The molecule has 3 aliphatic carbocycles. The van der Waals surface area contributed by atoms with E-state index >= 15 is 0 Å². The summed E-state index contributed by atoms with van der Waals surface area (Å²) in [6.07, 6.45) is 6.12. The molecule has 1 aromatic rings. The fourth-order valence-electron chi connectivity index (χ4n) is 6.57. The molecule has 2 amide bonds. The van der Waals surface area contributed by atoms with Gasteiger partial charge in [-0.05, 0) is 82.1 Å². The molecule has 0 radical (unpaired) electrons. The monoisotopic (exact) mass is 524 g/mol. The lowest BCUT2D eigenvalue weighted by Gasteiger charge is -2.74. The lowest BCUT2D eigenvalue weighted by atomic mass is 9.36. The van der Waals surface area contributed by atoms with Crippen LogP contribution >= 0.6 is 0 Å². The standard InChI is InChI=1S/C30H44N2O4Si/c1-9-10-11-22-16-21-17-23(35-5)12-13-24(21)26(32(22)25(33)14-15-37(6,7)8)29-18-30(19-29,20-29)31-27(34)36-28(2,3)4/h12-13,17,22,26H,9-11,16,18-20H2,1-8H3,(H,31,34)/t22-,26+,29?,30?/m0/s1. The van der Waals surface area contributed by atoms with E-state index in [1.54, 1.807) is 7.11 Å². The largest absolute Gasteiger partial charge is 0.497 e. The van der Waals surface area contributed by atoms with Gasteiger partial charge in [-0.25, -0.2) is 4.79 Å². The highest BCUT2D eigenvalue weighted by Crippen LogP contribution is 2.74. The number of hydrogen-bond donors (Lipinski definition) is 1. The summed E-state index contributed by atoms with van der Waals surface area (Å²) in [5, 5.41) is 3.15. The molecule has 2 bridgehead atoms. The van der Waals surface area contributed by atoms with Gasteiger partial charge in [-0.15, -0.1) is 5.54 Å². The molecule has 3 saturated carbocycles. The van der Waals surface area contributed by atoms with Crippen LogP contribution in [-0.2, 0) is 16.0 Å². The number of methoxy groups -OCH3 is 1. The number of ether oxygens (including phenoxy) is 2. The summed E-state index contributed by atoms with van der Waals surface area (Å²) in [6.45, 7) is 14.3. The highest BCUT2D eigenvalue weighted by atomic mass is 28.3. The van der Waals surface area contributed by atoms with Gasteiger partial charge in [0.05, 0.1) is 13.2 Å². The third-order valence-corrected chi connectivity index (χ3v) is 8.73. The van der Waals surface area contributed by atoms with Gasteiger partial charge in [0.15, 0.2) is 0 Å². The Kier molecular flexibility index (Phi) is 7.22. The van der Waals surface area contributed by atoms with Crippen LogP contribution in [0.1, 0.15) is 83.4 Å². The number of fused-ring (bicyclic) bond motifs is 1. The van der Waals surface area contributed by atoms with Crippen LogP contribution in [0.5, 0.6) is 5.75 Å². The van der Waals surface area contributed by atoms with Crippen molar-refractivity contribution in [3.05, 3.63) is 29.3 Å². The Morgan fingerprint density at radius 2 is 1.86 bits per heavy atom. The van der Waals surface area contributed by atoms with E-state index in [0.717, 1.165) is 50.7 Å². The Balaban J connectivity index is 1.67. The molecule has 2 atom stereocenters. The van der Waals surface area contributed by atoms with Crippen LogP contribution in [0.2, 0.25) is 19.6 Å². The van der Waals surface area contributed by atoms with E-state index in [0.29, 0.717) is 0 Å². The van der Waals surface area contributed by atoms with Gasteiger partial charge in [0, 0.05) is 17.0 Å². The molecule has 3 fully saturated rings. The maximum Gasteiger partial charge on any atom is 0.408 e. The van der Waals surface area contributed by atoms with Gasteiger partial charge >= 0.3 is 6.09 Å². The molecular weight excluding hydrogens is 480 g/mol. The van der Waals surface area contributed by atoms with Crippen molar-refractivity contribution < 1.29 is 19.1 Å². The number of rotatable bonds is 6. The van der Waals surface area contributed by atoms with Crippen LogP contribution < -0.4 is 10.1 Å². The van der Waals surface area contributed by atoms with E-state index in [9.17, 15) is 9.59 Å². The minimum Gasteiger partial charge on any atom is -0.497 e. The molecule has 0 unspecified atom stereocenters. The SMILES string of the molecule is CCCC[C@H]1Cc2cc(OC)ccc2[C@H](C23CC(NC(=O)OC(C)(C)C)(C2)C3)N1C(=O)C#C[Si](C)(C)C. The minimum absolute atomic E-state index is 0.0465. The topological polar surface area (TPSA) is 67.9 Å². The number of carbonyl (C=O) groups excluding carboxylic acids is 2. The van der Waals surface area contributed by atoms with Crippen LogP contribution in [0, 0.1) is 16.9 Å². The maximum absolute atomic E-state index is 13.8. The van der Waals surface area contributed by atoms with Crippen molar-refractivity contribution in [2.45, 2.75) is 116 Å². The summed E-state index contributed by atoms with van der Waals surface area (Å²) in [6, 6.07) is 6.37. The molecule has 5 rings (SSSR count). The Morgan fingerprint density at radius 3 is 2.43 bits per heavy atom. The van der Waals surface area contributed by atoms with Gasteiger partial charge in [0.2, 0.25) is 0 Å². The molecule has 202 valence electrons. The lowest BCUT2D eigenvalue weighted by molar-refractivity contribution is -0.206. The molecule has 37 heavy (non-hydrogen) atoms. The number of benzene rings is 1. The van der Waals surface area contributed by atoms with E-state index in [2.05, 4.69) is 60.4 Å². The van der Waals surface area contributed by atoms with Gasteiger partial charge in [0.1, 0.15) is 19.4 Å². The quantitative estimate of drug-likeness (QED) is 0.366. The first-order valence-corrected chi connectivity index (χ1v) is 17.2. The minimum atomic E-state index is -1.70. The highest BCUT2D eigenvalue weighted by molar-refractivity contribution is 6.84. The predicted molar refractivity (Wildman–Crippen MR) is 149 cm³/mol. The van der Waals surface area contributed by atoms with Crippen molar-refractivity contribution in [1.29, 1.82) is 0 Å². The normalized spacial score (nSPS) is 28.1. The molecule has 4 aliphatic rings. The fourth-order valence-corrected chi connectivity index (χ4v) is 7.05. The van der Waals surface area contributed by atoms with Crippen LogP contribution in [0.25, 0.3) is 0 Å². The first-order chi connectivity index (χ1) is 17.2. The molecule has 0 saturated heterocycles. The summed E-state index contributed by atoms with van der Waals surface area (Å²) in [5.41, 5.74) is 4.98. The van der Waals surface area contributed by atoms with Crippen molar-refractivity contribution in [3.8, 4) is 17.2 Å². The molecule has 7 heteroatoms. The Labute approximate surface area is 223 Å².